The lowest BCUT2D eigenvalue weighted by atomic mass is 9.90. The Balaban J connectivity index is 1.14. The fourth-order valence-corrected chi connectivity index (χ4v) is 5.58. The van der Waals surface area contributed by atoms with Crippen LogP contribution in [-0.2, 0) is 15.1 Å². The summed E-state index contributed by atoms with van der Waals surface area (Å²) in [4.78, 5) is 57.4. The molecule has 0 radical (unpaired) electrons. The molecule has 0 unspecified atom stereocenters. The maximum absolute atomic E-state index is 13.4. The summed E-state index contributed by atoms with van der Waals surface area (Å²) in [6, 6.07) is 20.4. The number of imide groups is 1. The number of amides is 4. The Hall–Kier alpha value is -4.40. The molecule has 6 rings (SSSR count). The van der Waals surface area contributed by atoms with Gasteiger partial charge >= 0.3 is 11.7 Å². The first-order chi connectivity index (χ1) is 17.8. The van der Waals surface area contributed by atoms with Crippen LogP contribution < -0.4 is 11.0 Å². The molecule has 3 heterocycles. The minimum atomic E-state index is -1.25. The van der Waals surface area contributed by atoms with Crippen molar-refractivity contribution in [1.82, 2.24) is 24.7 Å². The number of aromatic nitrogens is 2. The Morgan fingerprint density at radius 3 is 2.43 bits per heavy atom. The Bertz CT molecular complexity index is 1610. The maximum atomic E-state index is 13.4. The van der Waals surface area contributed by atoms with E-state index in [4.69, 9.17) is 0 Å². The van der Waals surface area contributed by atoms with Gasteiger partial charge in [0, 0.05) is 19.1 Å². The molecule has 2 aliphatic heterocycles. The maximum Gasteiger partial charge on any atom is 0.326 e. The van der Waals surface area contributed by atoms with Gasteiger partial charge in [-0.2, -0.15) is 0 Å². The van der Waals surface area contributed by atoms with Crippen molar-refractivity contribution in [3.05, 3.63) is 82.8 Å². The first kappa shape index (κ1) is 23.0. The number of likely N-dealkylation sites (tertiary alicyclic amines) is 1. The second-order valence-electron chi connectivity index (χ2n) is 9.94. The average Bonchev–Trinajstić information content (AvgIpc) is 3.36. The minimum Gasteiger partial charge on any atom is -0.341 e. The highest BCUT2D eigenvalue weighted by molar-refractivity contribution is 6.09. The molecule has 1 aromatic heterocycles. The van der Waals surface area contributed by atoms with Gasteiger partial charge < -0.3 is 15.2 Å². The first-order valence-corrected chi connectivity index (χ1v) is 12.5. The van der Waals surface area contributed by atoms with Crippen LogP contribution in [0.3, 0.4) is 0 Å². The summed E-state index contributed by atoms with van der Waals surface area (Å²) < 4.78 is 1.77. The minimum absolute atomic E-state index is 0.0272. The van der Waals surface area contributed by atoms with Crippen molar-refractivity contribution >= 4 is 39.7 Å². The number of rotatable bonds is 4. The first-order valence-electron chi connectivity index (χ1n) is 12.5. The van der Waals surface area contributed by atoms with E-state index in [1.807, 2.05) is 66.7 Å². The number of benzene rings is 3. The number of imidazole rings is 1. The lowest BCUT2D eigenvalue weighted by molar-refractivity contribution is -0.139. The van der Waals surface area contributed by atoms with Gasteiger partial charge in [-0.3, -0.25) is 19.1 Å². The Morgan fingerprint density at radius 2 is 1.65 bits per heavy atom. The summed E-state index contributed by atoms with van der Waals surface area (Å²) in [5, 5.41) is 4.80. The Labute approximate surface area is 212 Å². The fraction of sp³-hybridized carbons (Fsp3) is 0.286. The molecule has 9 heteroatoms. The molecule has 3 aromatic carbocycles. The van der Waals surface area contributed by atoms with Crippen molar-refractivity contribution < 1.29 is 14.4 Å². The van der Waals surface area contributed by atoms with Gasteiger partial charge in [0.1, 0.15) is 12.1 Å². The molecule has 37 heavy (non-hydrogen) atoms. The molecule has 188 valence electrons. The molecule has 4 amide bonds. The number of urea groups is 1. The average molecular weight is 498 g/mol. The van der Waals surface area contributed by atoms with Gasteiger partial charge in [-0.25, -0.2) is 9.59 Å². The molecule has 2 saturated heterocycles. The highest BCUT2D eigenvalue weighted by Crippen LogP contribution is 2.31. The number of para-hydroxylation sites is 2. The number of nitrogens with one attached hydrogen (secondary N) is 2. The predicted octanol–water partition coefficient (Wildman–Crippen LogP) is 3.11. The molecule has 0 bridgehead atoms. The standard InChI is InChI=1S/C28H27N5O4/c1-28(20-11-10-18-6-2-3-7-19(18)16-20)25(35)32(27(37)30-28)17-24(34)31-14-12-21(13-15-31)33-23-9-5-4-8-22(23)29-26(33)36/h2-11,16,21H,12-15,17H2,1H3,(H,29,36)(H,30,37)/t28-/m1/s1. The summed E-state index contributed by atoms with van der Waals surface area (Å²) in [6.45, 7) is 2.25. The van der Waals surface area contributed by atoms with Gasteiger partial charge in [-0.05, 0) is 54.3 Å². The third kappa shape index (κ3) is 3.78. The molecule has 0 spiro atoms. The molecule has 0 saturated carbocycles. The second-order valence-corrected chi connectivity index (χ2v) is 9.94. The predicted molar refractivity (Wildman–Crippen MR) is 139 cm³/mol. The number of piperidine rings is 1. The van der Waals surface area contributed by atoms with Crippen molar-refractivity contribution in [1.29, 1.82) is 0 Å². The Kier molecular flexibility index (Phi) is 5.36. The van der Waals surface area contributed by atoms with E-state index < -0.39 is 17.5 Å². The quantitative estimate of drug-likeness (QED) is 0.423. The molecule has 4 aromatic rings. The number of H-pyrrole nitrogens is 1. The van der Waals surface area contributed by atoms with Gasteiger partial charge in [0.2, 0.25) is 5.91 Å². The summed E-state index contributed by atoms with van der Waals surface area (Å²) in [6.07, 6.45) is 1.23. The molecule has 9 nitrogen and oxygen atoms in total. The lowest BCUT2D eigenvalue weighted by Crippen LogP contribution is -2.47. The number of nitrogens with zero attached hydrogens (tertiary/aromatic N) is 3. The van der Waals surface area contributed by atoms with Crippen molar-refractivity contribution in [2.24, 2.45) is 0 Å². The highest BCUT2D eigenvalue weighted by atomic mass is 16.2. The van der Waals surface area contributed by atoms with Crippen LogP contribution in [0.25, 0.3) is 21.8 Å². The molecule has 2 aliphatic rings. The number of carbonyl (C=O) groups excluding carboxylic acids is 3. The third-order valence-corrected chi connectivity index (χ3v) is 7.70. The van der Waals surface area contributed by atoms with Crippen LogP contribution in [-0.4, -0.2) is 56.8 Å². The second kappa shape index (κ2) is 8.62. The zero-order valence-corrected chi connectivity index (χ0v) is 20.4. The van der Waals surface area contributed by atoms with Crippen LogP contribution in [0.4, 0.5) is 4.79 Å². The SMILES string of the molecule is C[C@]1(c2ccc3ccccc3c2)NC(=O)N(CC(=O)N2CCC(n3c(=O)[nH]c4ccccc43)CC2)C1=O. The van der Waals surface area contributed by atoms with Crippen LogP contribution in [0.1, 0.15) is 31.4 Å². The summed E-state index contributed by atoms with van der Waals surface area (Å²) in [5.41, 5.74) is 0.914. The molecule has 0 aliphatic carbocycles. The molecular formula is C28H27N5O4. The smallest absolute Gasteiger partial charge is 0.326 e. The van der Waals surface area contributed by atoms with Crippen LogP contribution in [0, 0.1) is 0 Å². The number of hydrogen-bond acceptors (Lipinski definition) is 4. The zero-order chi connectivity index (χ0) is 25.7. The van der Waals surface area contributed by atoms with E-state index in [9.17, 15) is 19.2 Å². The summed E-state index contributed by atoms with van der Waals surface area (Å²) >= 11 is 0. The highest BCUT2D eigenvalue weighted by Gasteiger charge is 2.49. The number of carbonyl (C=O) groups is 3. The van der Waals surface area contributed by atoms with E-state index in [-0.39, 0.29) is 24.2 Å². The Morgan fingerprint density at radius 1 is 0.946 bits per heavy atom. The van der Waals surface area contributed by atoms with Crippen LogP contribution in [0.2, 0.25) is 0 Å². The van der Waals surface area contributed by atoms with Crippen LogP contribution in [0.5, 0.6) is 0 Å². The monoisotopic (exact) mass is 497 g/mol. The van der Waals surface area contributed by atoms with E-state index in [1.54, 1.807) is 16.4 Å². The largest absolute Gasteiger partial charge is 0.341 e. The fourth-order valence-electron chi connectivity index (χ4n) is 5.58. The molecule has 1 atom stereocenters. The summed E-state index contributed by atoms with van der Waals surface area (Å²) in [5.74, 6) is -0.725. The van der Waals surface area contributed by atoms with Crippen LogP contribution >= 0.6 is 0 Å². The van der Waals surface area contributed by atoms with Gasteiger partial charge in [0.25, 0.3) is 5.91 Å². The molecular weight excluding hydrogens is 470 g/mol. The van der Waals surface area contributed by atoms with Crippen molar-refractivity contribution in [2.75, 3.05) is 19.6 Å². The van der Waals surface area contributed by atoms with Gasteiger partial charge in [-0.15, -0.1) is 0 Å². The topological polar surface area (TPSA) is 108 Å². The van der Waals surface area contributed by atoms with Gasteiger partial charge in [-0.1, -0.05) is 48.5 Å². The van der Waals surface area contributed by atoms with E-state index in [1.165, 1.54) is 0 Å². The number of fused-ring (bicyclic) bond motifs is 2. The van der Waals surface area contributed by atoms with E-state index >= 15 is 0 Å². The van der Waals surface area contributed by atoms with E-state index in [0.717, 1.165) is 26.7 Å². The third-order valence-electron chi connectivity index (χ3n) is 7.70. The van der Waals surface area contributed by atoms with E-state index in [2.05, 4.69) is 10.3 Å². The van der Waals surface area contributed by atoms with Gasteiger partial charge in [0.05, 0.1) is 11.0 Å². The molecule has 2 N–H and O–H groups in total. The van der Waals surface area contributed by atoms with Crippen LogP contribution in [0.15, 0.2) is 71.5 Å². The van der Waals surface area contributed by atoms with Crippen molar-refractivity contribution in [3.63, 3.8) is 0 Å². The van der Waals surface area contributed by atoms with Gasteiger partial charge in [0.15, 0.2) is 0 Å². The summed E-state index contributed by atoms with van der Waals surface area (Å²) in [7, 11) is 0. The lowest BCUT2D eigenvalue weighted by Gasteiger charge is -2.33. The number of hydrogen-bond donors (Lipinski definition) is 2. The van der Waals surface area contributed by atoms with Crippen molar-refractivity contribution in [3.8, 4) is 0 Å². The molecule has 2 fully saturated rings. The normalized spacial score (nSPS) is 20.7. The van der Waals surface area contributed by atoms with Crippen molar-refractivity contribution in [2.45, 2.75) is 31.3 Å². The number of aromatic amines is 1. The van der Waals surface area contributed by atoms with E-state index in [0.29, 0.717) is 31.5 Å². The zero-order valence-electron chi connectivity index (χ0n) is 20.4.